The van der Waals surface area contributed by atoms with Gasteiger partial charge in [0.25, 0.3) is 0 Å². The number of thioether (sulfide) groups is 2. The van der Waals surface area contributed by atoms with Gasteiger partial charge in [-0.05, 0) is 12.1 Å². The molecule has 0 aromatic heterocycles. The van der Waals surface area contributed by atoms with Crippen molar-refractivity contribution in [2.75, 3.05) is 19.4 Å². The van der Waals surface area contributed by atoms with Gasteiger partial charge in [-0.2, -0.15) is 0 Å². The summed E-state index contributed by atoms with van der Waals surface area (Å²) in [7, 11) is 1.26. The third kappa shape index (κ3) is 7.19. The maximum Gasteiger partial charge on any atom is 0.325 e. The number of carbonyl (C=O) groups is 3. The minimum absolute atomic E-state index is 0.0468. The van der Waals surface area contributed by atoms with E-state index in [1.54, 1.807) is 0 Å². The fourth-order valence-corrected chi connectivity index (χ4v) is 3.21. The fourth-order valence-electron chi connectivity index (χ4n) is 1.36. The van der Waals surface area contributed by atoms with Crippen LogP contribution in [0.2, 0.25) is 0 Å². The van der Waals surface area contributed by atoms with Crippen LogP contribution in [0.1, 0.15) is 6.92 Å². The normalized spacial score (nSPS) is 11.5. The van der Waals surface area contributed by atoms with Crippen molar-refractivity contribution in [2.45, 2.75) is 17.1 Å². The van der Waals surface area contributed by atoms with Crippen LogP contribution in [-0.2, 0) is 19.1 Å². The molecule has 0 saturated heterocycles. The molecule has 1 unspecified atom stereocenters. The third-order valence-corrected chi connectivity index (χ3v) is 4.71. The van der Waals surface area contributed by atoms with Crippen molar-refractivity contribution < 1.29 is 19.1 Å². The van der Waals surface area contributed by atoms with Gasteiger partial charge in [-0.15, -0.1) is 11.8 Å². The number of esters is 1. The molecule has 0 fully saturated rings. The molecule has 21 heavy (non-hydrogen) atoms. The smallest absolute Gasteiger partial charge is 0.325 e. The van der Waals surface area contributed by atoms with Gasteiger partial charge in [0.15, 0.2) is 5.12 Å². The van der Waals surface area contributed by atoms with E-state index in [2.05, 4.69) is 10.1 Å². The van der Waals surface area contributed by atoms with Crippen LogP contribution >= 0.6 is 23.5 Å². The van der Waals surface area contributed by atoms with E-state index in [-0.39, 0.29) is 17.6 Å². The number of benzene rings is 1. The first kappa shape index (κ1) is 17.6. The molecule has 0 saturated carbocycles. The van der Waals surface area contributed by atoms with Gasteiger partial charge >= 0.3 is 5.97 Å². The van der Waals surface area contributed by atoms with Crippen LogP contribution in [0.15, 0.2) is 35.2 Å². The standard InChI is InChI=1S/C14H17NO4S2/c1-10(16)20-9-12(14(18)15-8-13(17)19-2)21-11-6-4-3-5-7-11/h3-7,12H,8-9H2,1-2H3,(H,15,18). The summed E-state index contributed by atoms with van der Waals surface area (Å²) in [6.07, 6.45) is 0. The molecule has 0 aliphatic rings. The first-order valence-electron chi connectivity index (χ1n) is 6.22. The molecule has 5 nitrogen and oxygen atoms in total. The lowest BCUT2D eigenvalue weighted by atomic mass is 10.4. The molecule has 1 amide bonds. The zero-order chi connectivity index (χ0) is 15.7. The Labute approximate surface area is 132 Å². The molecule has 1 aromatic carbocycles. The van der Waals surface area contributed by atoms with Gasteiger partial charge in [0, 0.05) is 17.6 Å². The van der Waals surface area contributed by atoms with Crippen molar-refractivity contribution in [1.29, 1.82) is 0 Å². The lowest BCUT2D eigenvalue weighted by Crippen LogP contribution is -2.37. The van der Waals surface area contributed by atoms with Crippen LogP contribution in [0.4, 0.5) is 0 Å². The van der Waals surface area contributed by atoms with Gasteiger partial charge in [0.05, 0.1) is 12.4 Å². The van der Waals surface area contributed by atoms with E-state index in [9.17, 15) is 14.4 Å². The van der Waals surface area contributed by atoms with Crippen LogP contribution in [0.25, 0.3) is 0 Å². The zero-order valence-electron chi connectivity index (χ0n) is 11.8. The Morgan fingerprint density at radius 2 is 1.90 bits per heavy atom. The van der Waals surface area contributed by atoms with Crippen LogP contribution in [0.5, 0.6) is 0 Å². The van der Waals surface area contributed by atoms with Crippen molar-refractivity contribution >= 4 is 40.5 Å². The number of amides is 1. The molecule has 1 aromatic rings. The van der Waals surface area contributed by atoms with Crippen LogP contribution in [-0.4, -0.2) is 41.6 Å². The Morgan fingerprint density at radius 1 is 1.24 bits per heavy atom. The van der Waals surface area contributed by atoms with E-state index >= 15 is 0 Å². The van der Waals surface area contributed by atoms with Crippen molar-refractivity contribution in [3.05, 3.63) is 30.3 Å². The first-order chi connectivity index (χ1) is 10.0. The van der Waals surface area contributed by atoms with Crippen LogP contribution in [0.3, 0.4) is 0 Å². The summed E-state index contributed by atoms with van der Waals surface area (Å²) in [5.74, 6) is -0.448. The van der Waals surface area contributed by atoms with E-state index in [1.807, 2.05) is 30.3 Å². The first-order valence-corrected chi connectivity index (χ1v) is 8.09. The van der Waals surface area contributed by atoms with Crippen molar-refractivity contribution in [1.82, 2.24) is 5.32 Å². The van der Waals surface area contributed by atoms with Gasteiger partial charge in [-0.3, -0.25) is 14.4 Å². The van der Waals surface area contributed by atoms with Crippen molar-refractivity contribution in [3.8, 4) is 0 Å². The molecule has 0 aliphatic heterocycles. The monoisotopic (exact) mass is 327 g/mol. The third-order valence-electron chi connectivity index (χ3n) is 2.39. The fraction of sp³-hybridized carbons (Fsp3) is 0.357. The van der Waals surface area contributed by atoms with Gasteiger partial charge in [0.2, 0.25) is 5.91 Å². The molecule has 0 bridgehead atoms. The van der Waals surface area contributed by atoms with Crippen LogP contribution < -0.4 is 5.32 Å². The highest BCUT2D eigenvalue weighted by molar-refractivity contribution is 8.14. The lowest BCUT2D eigenvalue weighted by molar-refractivity contribution is -0.141. The molecule has 0 aliphatic carbocycles. The van der Waals surface area contributed by atoms with Gasteiger partial charge in [0.1, 0.15) is 6.54 Å². The van der Waals surface area contributed by atoms with Gasteiger partial charge in [-0.1, -0.05) is 30.0 Å². The van der Waals surface area contributed by atoms with E-state index in [1.165, 1.54) is 25.8 Å². The molecular formula is C14H17NO4S2. The number of nitrogens with one attached hydrogen (secondary N) is 1. The van der Waals surface area contributed by atoms with E-state index in [0.717, 1.165) is 16.7 Å². The quantitative estimate of drug-likeness (QED) is 0.607. The second kappa shape index (κ2) is 9.46. The predicted octanol–water partition coefficient (Wildman–Crippen LogP) is 1.72. The van der Waals surface area contributed by atoms with E-state index in [4.69, 9.17) is 0 Å². The molecule has 1 atom stereocenters. The minimum atomic E-state index is -0.508. The minimum Gasteiger partial charge on any atom is -0.468 e. The average Bonchev–Trinajstić information content (AvgIpc) is 2.49. The van der Waals surface area contributed by atoms with E-state index < -0.39 is 11.2 Å². The predicted molar refractivity (Wildman–Crippen MR) is 84.3 cm³/mol. The SMILES string of the molecule is COC(=O)CNC(=O)C(CSC(C)=O)Sc1ccccc1. The molecule has 0 spiro atoms. The summed E-state index contributed by atoms with van der Waals surface area (Å²) in [4.78, 5) is 35.2. The van der Waals surface area contributed by atoms with Gasteiger partial charge in [-0.25, -0.2) is 0 Å². The molecule has 0 heterocycles. The topological polar surface area (TPSA) is 72.5 Å². The average molecular weight is 327 g/mol. The Bertz CT molecular complexity index is 493. The summed E-state index contributed by atoms with van der Waals surface area (Å²) in [5.41, 5.74) is 0. The number of ether oxygens (including phenoxy) is 1. The highest BCUT2D eigenvalue weighted by atomic mass is 32.2. The highest BCUT2D eigenvalue weighted by Gasteiger charge is 2.21. The maximum absolute atomic E-state index is 12.1. The lowest BCUT2D eigenvalue weighted by Gasteiger charge is -2.15. The second-order valence-corrected chi connectivity index (χ2v) is 6.49. The molecule has 1 rings (SSSR count). The molecule has 114 valence electrons. The number of hydrogen-bond acceptors (Lipinski definition) is 6. The Morgan fingerprint density at radius 3 is 2.48 bits per heavy atom. The highest BCUT2D eigenvalue weighted by Crippen LogP contribution is 2.26. The van der Waals surface area contributed by atoms with Crippen molar-refractivity contribution in [2.24, 2.45) is 0 Å². The summed E-state index contributed by atoms with van der Waals surface area (Å²) in [6, 6.07) is 9.43. The summed E-state index contributed by atoms with van der Waals surface area (Å²) >= 11 is 2.45. The summed E-state index contributed by atoms with van der Waals surface area (Å²) in [6.45, 7) is 1.28. The molecule has 1 N–H and O–H groups in total. The van der Waals surface area contributed by atoms with E-state index in [0.29, 0.717) is 5.75 Å². The maximum atomic E-state index is 12.1. The molecular weight excluding hydrogens is 310 g/mol. The Hall–Kier alpha value is -1.47. The van der Waals surface area contributed by atoms with Gasteiger partial charge < -0.3 is 10.1 Å². The number of hydrogen-bond donors (Lipinski definition) is 1. The van der Waals surface area contributed by atoms with Crippen molar-refractivity contribution in [3.63, 3.8) is 0 Å². The Balaban J connectivity index is 2.64. The number of methoxy groups -OCH3 is 1. The number of rotatable bonds is 7. The Kier molecular flexibility index (Phi) is 7.92. The summed E-state index contributed by atoms with van der Waals surface area (Å²) < 4.78 is 4.48. The van der Waals surface area contributed by atoms with Crippen LogP contribution in [0, 0.1) is 0 Å². The molecule has 0 radical (unpaired) electrons. The summed E-state index contributed by atoms with van der Waals surface area (Å²) in [5, 5.41) is 2.02. The second-order valence-electron chi connectivity index (χ2n) is 4.02. The zero-order valence-corrected chi connectivity index (χ0v) is 13.5. The largest absolute Gasteiger partial charge is 0.468 e. The number of carbonyl (C=O) groups excluding carboxylic acids is 3. The molecule has 7 heteroatoms.